The molecular weight excluding hydrogens is 156 g/mol. The first-order valence-corrected chi connectivity index (χ1v) is 4.37. The minimum absolute atomic E-state index is 0.132. The van der Waals surface area contributed by atoms with Crippen molar-refractivity contribution in [3.63, 3.8) is 0 Å². The van der Waals surface area contributed by atoms with Crippen LogP contribution in [0.3, 0.4) is 0 Å². The van der Waals surface area contributed by atoms with Crippen LogP contribution in [0.4, 0.5) is 0 Å². The molecule has 70 valence electrons. The van der Waals surface area contributed by atoms with Crippen LogP contribution in [-0.4, -0.2) is 41.7 Å². The molecule has 1 aliphatic heterocycles. The number of piperidine rings is 1. The summed E-state index contributed by atoms with van der Waals surface area (Å²) in [4.78, 5) is 12.6. The summed E-state index contributed by atoms with van der Waals surface area (Å²) in [5.41, 5.74) is 5.08. The summed E-state index contributed by atoms with van der Waals surface area (Å²) in [6, 6.07) is 0.145. The van der Waals surface area contributed by atoms with Crippen molar-refractivity contribution in [2.45, 2.75) is 25.3 Å². The second-order valence-electron chi connectivity index (χ2n) is 3.27. The summed E-state index contributed by atoms with van der Waals surface area (Å²) in [6.45, 7) is 1.30. The minimum atomic E-state index is -0.310. The Bertz CT molecular complexity index is 161. The summed E-state index contributed by atoms with van der Waals surface area (Å²) in [7, 11) is 0. The Kier molecular flexibility index (Phi) is 3.49. The normalized spacial score (nSPS) is 25.6. The Morgan fingerprint density at radius 2 is 2.33 bits per heavy atom. The van der Waals surface area contributed by atoms with Gasteiger partial charge in [-0.05, 0) is 19.4 Å². The van der Waals surface area contributed by atoms with Gasteiger partial charge in [-0.15, -0.1) is 0 Å². The smallest absolute Gasteiger partial charge is 0.231 e. The molecular formula is C8H16N2O2. The third-order valence-electron chi connectivity index (χ3n) is 2.32. The van der Waals surface area contributed by atoms with Gasteiger partial charge in [0, 0.05) is 6.04 Å². The van der Waals surface area contributed by atoms with E-state index in [4.69, 9.17) is 10.8 Å². The van der Waals surface area contributed by atoms with Crippen LogP contribution >= 0.6 is 0 Å². The van der Waals surface area contributed by atoms with E-state index in [1.165, 1.54) is 0 Å². The van der Waals surface area contributed by atoms with Gasteiger partial charge in [0.05, 0.1) is 13.2 Å². The van der Waals surface area contributed by atoms with Gasteiger partial charge in [0.15, 0.2) is 0 Å². The Morgan fingerprint density at radius 3 is 2.92 bits per heavy atom. The first kappa shape index (κ1) is 9.48. The van der Waals surface area contributed by atoms with Crippen molar-refractivity contribution in [2.24, 2.45) is 5.73 Å². The highest BCUT2D eigenvalue weighted by molar-refractivity contribution is 5.75. The number of carbonyl (C=O) groups is 1. The number of nitrogens with two attached hydrogens (primary N) is 1. The molecule has 1 saturated heterocycles. The summed E-state index contributed by atoms with van der Waals surface area (Å²) in [6.07, 6.45) is 3.22. The molecule has 1 rings (SSSR count). The Balaban J connectivity index is 2.41. The van der Waals surface area contributed by atoms with Crippen molar-refractivity contribution in [1.82, 2.24) is 4.90 Å². The average molecular weight is 172 g/mol. The molecule has 1 fully saturated rings. The molecule has 12 heavy (non-hydrogen) atoms. The highest BCUT2D eigenvalue weighted by atomic mass is 16.3. The van der Waals surface area contributed by atoms with Gasteiger partial charge in [0.25, 0.3) is 0 Å². The zero-order chi connectivity index (χ0) is 8.97. The van der Waals surface area contributed by atoms with E-state index in [9.17, 15) is 4.79 Å². The summed E-state index contributed by atoms with van der Waals surface area (Å²) in [5, 5.41) is 8.98. The van der Waals surface area contributed by atoms with Crippen molar-refractivity contribution in [2.75, 3.05) is 19.7 Å². The molecule has 4 nitrogen and oxygen atoms in total. The van der Waals surface area contributed by atoms with E-state index in [1.807, 2.05) is 4.90 Å². The number of hydrogen-bond acceptors (Lipinski definition) is 3. The lowest BCUT2D eigenvalue weighted by Gasteiger charge is -2.33. The van der Waals surface area contributed by atoms with Crippen LogP contribution in [0.1, 0.15) is 19.3 Å². The number of likely N-dealkylation sites (tertiary alicyclic amines) is 1. The highest BCUT2D eigenvalue weighted by Crippen LogP contribution is 2.15. The van der Waals surface area contributed by atoms with E-state index in [0.717, 1.165) is 25.8 Å². The first-order valence-electron chi connectivity index (χ1n) is 4.37. The van der Waals surface area contributed by atoms with E-state index in [0.29, 0.717) is 0 Å². The lowest BCUT2D eigenvalue weighted by atomic mass is 10.0. The summed E-state index contributed by atoms with van der Waals surface area (Å²) >= 11 is 0. The molecule has 0 saturated carbocycles. The third kappa shape index (κ3) is 2.46. The maximum atomic E-state index is 10.6. The standard InChI is InChI=1S/C8H16N2O2/c9-8(12)5-10-4-2-1-3-7(10)6-11/h7,11H,1-6H2,(H2,9,12)/t7-/m0/s1. The summed E-state index contributed by atoms with van der Waals surface area (Å²) in [5.74, 6) is -0.310. The fourth-order valence-corrected chi connectivity index (χ4v) is 1.68. The molecule has 1 aliphatic rings. The zero-order valence-corrected chi connectivity index (χ0v) is 7.20. The van der Waals surface area contributed by atoms with E-state index in [-0.39, 0.29) is 25.1 Å². The monoisotopic (exact) mass is 172 g/mol. The van der Waals surface area contributed by atoms with E-state index in [1.54, 1.807) is 0 Å². The van der Waals surface area contributed by atoms with Gasteiger partial charge >= 0.3 is 0 Å². The average Bonchev–Trinajstić information content (AvgIpc) is 2.04. The Morgan fingerprint density at radius 1 is 1.58 bits per heavy atom. The third-order valence-corrected chi connectivity index (χ3v) is 2.32. The maximum absolute atomic E-state index is 10.6. The molecule has 1 heterocycles. The largest absolute Gasteiger partial charge is 0.395 e. The van der Waals surface area contributed by atoms with Crippen LogP contribution < -0.4 is 5.73 Å². The number of carbonyl (C=O) groups excluding carboxylic acids is 1. The molecule has 0 aromatic heterocycles. The Labute approximate surface area is 72.3 Å². The molecule has 0 spiro atoms. The fraction of sp³-hybridized carbons (Fsp3) is 0.875. The molecule has 0 unspecified atom stereocenters. The lowest BCUT2D eigenvalue weighted by Crippen LogP contribution is -2.45. The predicted molar refractivity (Wildman–Crippen MR) is 45.5 cm³/mol. The van der Waals surface area contributed by atoms with Gasteiger partial charge in [-0.3, -0.25) is 9.69 Å². The van der Waals surface area contributed by atoms with E-state index < -0.39 is 0 Å². The number of amides is 1. The van der Waals surface area contributed by atoms with Crippen LogP contribution in [0.15, 0.2) is 0 Å². The number of nitrogens with zero attached hydrogens (tertiary/aromatic N) is 1. The summed E-state index contributed by atoms with van der Waals surface area (Å²) < 4.78 is 0. The van der Waals surface area contributed by atoms with Crippen molar-refractivity contribution in [3.8, 4) is 0 Å². The molecule has 1 atom stereocenters. The van der Waals surface area contributed by atoms with E-state index in [2.05, 4.69) is 0 Å². The van der Waals surface area contributed by atoms with Crippen molar-refractivity contribution >= 4 is 5.91 Å². The number of rotatable bonds is 3. The number of aliphatic hydroxyl groups excluding tert-OH is 1. The van der Waals surface area contributed by atoms with Crippen LogP contribution in [0, 0.1) is 0 Å². The molecule has 0 radical (unpaired) electrons. The van der Waals surface area contributed by atoms with Crippen molar-refractivity contribution in [3.05, 3.63) is 0 Å². The van der Waals surface area contributed by atoms with Crippen molar-refractivity contribution in [1.29, 1.82) is 0 Å². The maximum Gasteiger partial charge on any atom is 0.231 e. The molecule has 0 aliphatic carbocycles. The zero-order valence-electron chi connectivity index (χ0n) is 7.20. The second-order valence-corrected chi connectivity index (χ2v) is 3.27. The quantitative estimate of drug-likeness (QED) is 0.592. The fourth-order valence-electron chi connectivity index (χ4n) is 1.68. The van der Waals surface area contributed by atoms with Gasteiger partial charge in [-0.25, -0.2) is 0 Å². The van der Waals surface area contributed by atoms with Gasteiger partial charge in [0.1, 0.15) is 0 Å². The van der Waals surface area contributed by atoms with Gasteiger partial charge in [-0.2, -0.15) is 0 Å². The topological polar surface area (TPSA) is 66.6 Å². The molecule has 1 amide bonds. The molecule has 0 aromatic carbocycles. The SMILES string of the molecule is NC(=O)CN1CCCC[C@H]1CO. The molecule has 0 bridgehead atoms. The van der Waals surface area contributed by atoms with Crippen LogP contribution in [0.25, 0.3) is 0 Å². The van der Waals surface area contributed by atoms with Crippen LogP contribution in [-0.2, 0) is 4.79 Å². The minimum Gasteiger partial charge on any atom is -0.395 e. The number of hydrogen-bond donors (Lipinski definition) is 2. The van der Waals surface area contributed by atoms with Crippen LogP contribution in [0.5, 0.6) is 0 Å². The Hall–Kier alpha value is -0.610. The van der Waals surface area contributed by atoms with Gasteiger partial charge in [-0.1, -0.05) is 6.42 Å². The predicted octanol–water partition coefficient (Wildman–Crippen LogP) is -0.681. The van der Waals surface area contributed by atoms with E-state index >= 15 is 0 Å². The van der Waals surface area contributed by atoms with Crippen LogP contribution in [0.2, 0.25) is 0 Å². The lowest BCUT2D eigenvalue weighted by molar-refractivity contribution is -0.120. The highest BCUT2D eigenvalue weighted by Gasteiger charge is 2.22. The molecule has 0 aromatic rings. The van der Waals surface area contributed by atoms with Gasteiger partial charge in [0.2, 0.25) is 5.91 Å². The van der Waals surface area contributed by atoms with Crippen molar-refractivity contribution < 1.29 is 9.90 Å². The number of primary amides is 1. The number of aliphatic hydroxyl groups is 1. The molecule has 4 heteroatoms. The first-order chi connectivity index (χ1) is 5.74. The molecule has 3 N–H and O–H groups in total. The van der Waals surface area contributed by atoms with Gasteiger partial charge < -0.3 is 10.8 Å². The second kappa shape index (κ2) is 4.42.